The lowest BCUT2D eigenvalue weighted by atomic mass is 10.00. The summed E-state index contributed by atoms with van der Waals surface area (Å²) in [4.78, 5) is 4.55. The SMILES string of the molecule is COc1ccc(-c2noc([C@H]3CCCN(S(=O)(=O)c4ccc(F)cc4)C3)n2)cc1OC. The minimum absolute atomic E-state index is 0.0612. The zero-order valence-electron chi connectivity index (χ0n) is 17.1. The number of nitrogens with zero attached hydrogens (tertiary/aromatic N) is 3. The van der Waals surface area contributed by atoms with E-state index < -0.39 is 15.8 Å². The van der Waals surface area contributed by atoms with Gasteiger partial charge in [-0.05, 0) is 55.3 Å². The van der Waals surface area contributed by atoms with Crippen molar-refractivity contribution in [3.63, 3.8) is 0 Å². The molecule has 4 rings (SSSR count). The maximum absolute atomic E-state index is 13.2. The van der Waals surface area contributed by atoms with E-state index in [1.165, 1.54) is 16.4 Å². The summed E-state index contributed by atoms with van der Waals surface area (Å²) in [6.45, 7) is 0.597. The lowest BCUT2D eigenvalue weighted by molar-refractivity contribution is 0.265. The van der Waals surface area contributed by atoms with Crippen LogP contribution in [0.3, 0.4) is 0 Å². The highest BCUT2D eigenvalue weighted by Crippen LogP contribution is 2.33. The molecule has 0 amide bonds. The van der Waals surface area contributed by atoms with E-state index >= 15 is 0 Å². The minimum Gasteiger partial charge on any atom is -0.493 e. The maximum atomic E-state index is 13.2. The van der Waals surface area contributed by atoms with Crippen LogP contribution in [0.4, 0.5) is 4.39 Å². The first-order chi connectivity index (χ1) is 14.9. The van der Waals surface area contributed by atoms with Crippen molar-refractivity contribution in [2.75, 3.05) is 27.3 Å². The number of sulfonamides is 1. The number of hydrogen-bond donors (Lipinski definition) is 0. The van der Waals surface area contributed by atoms with Crippen LogP contribution in [0, 0.1) is 5.82 Å². The van der Waals surface area contributed by atoms with Gasteiger partial charge in [0.2, 0.25) is 21.7 Å². The molecule has 31 heavy (non-hydrogen) atoms. The summed E-state index contributed by atoms with van der Waals surface area (Å²) in [5.41, 5.74) is 0.694. The number of aromatic nitrogens is 2. The molecule has 1 aromatic heterocycles. The van der Waals surface area contributed by atoms with Crippen molar-refractivity contribution in [1.82, 2.24) is 14.4 Å². The van der Waals surface area contributed by atoms with Crippen LogP contribution in [-0.2, 0) is 10.0 Å². The normalized spacial score (nSPS) is 17.5. The van der Waals surface area contributed by atoms with Gasteiger partial charge in [0, 0.05) is 18.7 Å². The van der Waals surface area contributed by atoms with Gasteiger partial charge in [0.1, 0.15) is 5.82 Å². The molecule has 1 fully saturated rings. The minimum atomic E-state index is -3.74. The molecule has 164 valence electrons. The van der Waals surface area contributed by atoms with Crippen LogP contribution < -0.4 is 9.47 Å². The van der Waals surface area contributed by atoms with E-state index in [9.17, 15) is 12.8 Å². The molecule has 0 aliphatic carbocycles. The third kappa shape index (κ3) is 4.26. The fourth-order valence-corrected chi connectivity index (χ4v) is 5.14. The highest BCUT2D eigenvalue weighted by Gasteiger charge is 2.33. The number of ether oxygens (including phenoxy) is 2. The molecule has 1 atom stereocenters. The van der Waals surface area contributed by atoms with Crippen molar-refractivity contribution < 1.29 is 26.8 Å². The first kappa shape index (κ1) is 21.3. The number of rotatable bonds is 6. The van der Waals surface area contributed by atoms with Crippen molar-refractivity contribution in [3.8, 4) is 22.9 Å². The summed E-state index contributed by atoms with van der Waals surface area (Å²) < 4.78 is 56.5. The average molecular weight is 447 g/mol. The molecule has 0 saturated carbocycles. The summed E-state index contributed by atoms with van der Waals surface area (Å²) in [5.74, 6) is 1.18. The molecule has 2 aromatic carbocycles. The average Bonchev–Trinajstić information content (AvgIpc) is 3.29. The fourth-order valence-electron chi connectivity index (χ4n) is 3.61. The highest BCUT2D eigenvalue weighted by atomic mass is 32.2. The largest absolute Gasteiger partial charge is 0.493 e. The number of hydrogen-bond acceptors (Lipinski definition) is 7. The Hall–Kier alpha value is -2.98. The summed E-state index contributed by atoms with van der Waals surface area (Å²) in [7, 11) is -0.638. The first-order valence-corrected chi connectivity index (χ1v) is 11.2. The number of piperidine rings is 1. The Morgan fingerprint density at radius 3 is 2.55 bits per heavy atom. The number of benzene rings is 2. The predicted octanol–water partition coefficient (Wildman–Crippen LogP) is 3.46. The van der Waals surface area contributed by atoms with Gasteiger partial charge < -0.3 is 14.0 Å². The molecule has 0 bridgehead atoms. The van der Waals surface area contributed by atoms with Gasteiger partial charge in [-0.2, -0.15) is 9.29 Å². The number of halogens is 1. The zero-order chi connectivity index (χ0) is 22.0. The van der Waals surface area contributed by atoms with E-state index in [0.717, 1.165) is 18.6 Å². The smallest absolute Gasteiger partial charge is 0.243 e. The Labute approximate surface area is 179 Å². The van der Waals surface area contributed by atoms with Gasteiger partial charge in [-0.15, -0.1) is 0 Å². The standard InChI is InChI=1S/C21H22FN3O5S/c1-28-18-10-5-14(12-19(18)29-2)20-23-21(30-24-20)15-4-3-11-25(13-15)31(26,27)17-8-6-16(22)7-9-17/h5-10,12,15H,3-4,11,13H2,1-2H3/t15-/m0/s1. The molecule has 0 spiro atoms. The lowest BCUT2D eigenvalue weighted by Gasteiger charge is -2.30. The molecule has 1 aliphatic heterocycles. The molecule has 10 heteroatoms. The molecular formula is C21H22FN3O5S. The summed E-state index contributed by atoms with van der Waals surface area (Å²) in [6.07, 6.45) is 1.38. The van der Waals surface area contributed by atoms with Crippen LogP contribution in [0.1, 0.15) is 24.7 Å². The maximum Gasteiger partial charge on any atom is 0.243 e. The van der Waals surface area contributed by atoms with E-state index in [0.29, 0.717) is 41.7 Å². The summed E-state index contributed by atoms with van der Waals surface area (Å²) in [5, 5.41) is 4.06. The Morgan fingerprint density at radius 1 is 1.10 bits per heavy atom. The van der Waals surface area contributed by atoms with Gasteiger partial charge in [0.25, 0.3) is 0 Å². The van der Waals surface area contributed by atoms with Crippen LogP contribution in [-0.4, -0.2) is 50.2 Å². The van der Waals surface area contributed by atoms with Crippen molar-refractivity contribution in [3.05, 3.63) is 54.2 Å². The van der Waals surface area contributed by atoms with Gasteiger partial charge in [0.15, 0.2) is 11.5 Å². The second-order valence-electron chi connectivity index (χ2n) is 7.18. The quantitative estimate of drug-likeness (QED) is 0.571. The predicted molar refractivity (Wildman–Crippen MR) is 110 cm³/mol. The third-order valence-electron chi connectivity index (χ3n) is 5.27. The fraction of sp³-hybridized carbons (Fsp3) is 0.333. The Bertz CT molecular complexity index is 1160. The second kappa shape index (κ2) is 8.64. The topological polar surface area (TPSA) is 94.8 Å². The van der Waals surface area contributed by atoms with E-state index in [1.54, 1.807) is 32.4 Å². The van der Waals surface area contributed by atoms with Gasteiger partial charge in [-0.25, -0.2) is 12.8 Å². The van der Waals surface area contributed by atoms with Gasteiger partial charge in [-0.3, -0.25) is 0 Å². The van der Waals surface area contributed by atoms with Crippen molar-refractivity contribution in [2.45, 2.75) is 23.7 Å². The molecule has 3 aromatic rings. The van der Waals surface area contributed by atoms with Crippen molar-refractivity contribution in [1.29, 1.82) is 0 Å². The molecule has 1 saturated heterocycles. The zero-order valence-corrected chi connectivity index (χ0v) is 17.9. The lowest BCUT2D eigenvalue weighted by Crippen LogP contribution is -2.39. The Kier molecular flexibility index (Phi) is 5.92. The van der Waals surface area contributed by atoms with Crippen LogP contribution >= 0.6 is 0 Å². The van der Waals surface area contributed by atoms with E-state index in [2.05, 4.69) is 10.1 Å². The van der Waals surface area contributed by atoms with E-state index in [4.69, 9.17) is 14.0 Å². The third-order valence-corrected chi connectivity index (χ3v) is 7.15. The van der Waals surface area contributed by atoms with Crippen LogP contribution in [0.2, 0.25) is 0 Å². The summed E-state index contributed by atoms with van der Waals surface area (Å²) in [6, 6.07) is 10.1. The monoisotopic (exact) mass is 447 g/mol. The van der Waals surface area contributed by atoms with Crippen LogP contribution in [0.15, 0.2) is 51.9 Å². The van der Waals surface area contributed by atoms with E-state index in [1.807, 2.05) is 0 Å². The molecule has 1 aliphatic rings. The number of methoxy groups -OCH3 is 2. The van der Waals surface area contributed by atoms with Crippen LogP contribution in [0.25, 0.3) is 11.4 Å². The first-order valence-electron chi connectivity index (χ1n) is 9.74. The second-order valence-corrected chi connectivity index (χ2v) is 9.12. The molecule has 0 unspecified atom stereocenters. The van der Waals surface area contributed by atoms with Crippen molar-refractivity contribution >= 4 is 10.0 Å². The Morgan fingerprint density at radius 2 is 1.84 bits per heavy atom. The molecule has 2 heterocycles. The van der Waals surface area contributed by atoms with Gasteiger partial charge >= 0.3 is 0 Å². The van der Waals surface area contributed by atoms with Crippen molar-refractivity contribution in [2.24, 2.45) is 0 Å². The molecular weight excluding hydrogens is 425 g/mol. The molecule has 0 N–H and O–H groups in total. The summed E-state index contributed by atoms with van der Waals surface area (Å²) >= 11 is 0. The molecule has 0 radical (unpaired) electrons. The van der Waals surface area contributed by atoms with Crippen LogP contribution in [0.5, 0.6) is 11.5 Å². The van der Waals surface area contributed by atoms with E-state index in [-0.39, 0.29) is 17.4 Å². The Balaban J connectivity index is 1.55. The molecule has 8 nitrogen and oxygen atoms in total. The van der Waals surface area contributed by atoms with Gasteiger partial charge in [0.05, 0.1) is 25.0 Å². The van der Waals surface area contributed by atoms with Gasteiger partial charge in [-0.1, -0.05) is 5.16 Å². The highest BCUT2D eigenvalue weighted by molar-refractivity contribution is 7.89.